The zero-order chi connectivity index (χ0) is 20.6. The highest BCUT2D eigenvalue weighted by Crippen LogP contribution is 2.42. The van der Waals surface area contributed by atoms with Crippen molar-refractivity contribution in [3.8, 4) is 0 Å². The number of nitro benzene ring substituents is 1. The third-order valence-corrected chi connectivity index (χ3v) is 6.81. The lowest BCUT2D eigenvalue weighted by Gasteiger charge is -2.28. The molecule has 1 aromatic carbocycles. The van der Waals surface area contributed by atoms with Gasteiger partial charge in [-0.05, 0) is 29.3 Å². The van der Waals surface area contributed by atoms with Crippen LogP contribution >= 0.6 is 11.8 Å². The summed E-state index contributed by atoms with van der Waals surface area (Å²) in [6.45, 7) is 1.29. The molecule has 0 N–H and O–H groups in total. The number of rotatable bonds is 3. The Kier molecular flexibility index (Phi) is 5.54. The summed E-state index contributed by atoms with van der Waals surface area (Å²) in [4.78, 5) is 22.0. The lowest BCUT2D eigenvalue weighted by molar-refractivity contribution is -0.388. The summed E-state index contributed by atoms with van der Waals surface area (Å²) in [5.74, 6) is 1.54. The number of hydrogen-bond donors (Lipinski definition) is 0. The molecule has 2 aliphatic heterocycles. The molecule has 0 amide bonds. The molecule has 0 saturated heterocycles. The molecule has 3 aliphatic rings. The van der Waals surface area contributed by atoms with Gasteiger partial charge in [0.05, 0.1) is 28.5 Å². The van der Waals surface area contributed by atoms with Gasteiger partial charge in [0.1, 0.15) is 5.84 Å². The Hall–Kier alpha value is -2.10. The number of benzene rings is 1. The van der Waals surface area contributed by atoms with E-state index in [1.807, 2.05) is 4.90 Å². The lowest BCUT2D eigenvalue weighted by Crippen LogP contribution is -2.35. The van der Waals surface area contributed by atoms with Crippen molar-refractivity contribution in [3.05, 3.63) is 33.4 Å². The van der Waals surface area contributed by atoms with Crippen LogP contribution in [0.2, 0.25) is 0 Å². The fourth-order valence-corrected chi connectivity index (χ4v) is 5.26. The van der Waals surface area contributed by atoms with Gasteiger partial charge in [-0.25, -0.2) is 0 Å². The minimum atomic E-state index is -4.64. The van der Waals surface area contributed by atoms with Crippen LogP contribution in [0.3, 0.4) is 0 Å². The van der Waals surface area contributed by atoms with Crippen LogP contribution in [0.4, 0.5) is 18.9 Å². The minimum absolute atomic E-state index is 0.00433. The van der Waals surface area contributed by atoms with Crippen molar-refractivity contribution >= 4 is 28.5 Å². The Balaban J connectivity index is 1.57. The fourth-order valence-electron chi connectivity index (χ4n) is 4.15. The Morgan fingerprint density at radius 2 is 1.97 bits per heavy atom. The third-order valence-electron chi connectivity index (χ3n) is 5.60. The average Bonchev–Trinajstić information content (AvgIpc) is 3.14. The molecule has 4 rings (SSSR count). The molecule has 0 radical (unpaired) electrons. The smallest absolute Gasteiger partial charge is 0.307 e. The maximum Gasteiger partial charge on any atom is 0.416 e. The molecule has 6 nitrogen and oxygen atoms in total. The average molecular weight is 426 g/mol. The number of nitrogens with zero attached hydrogens (tertiary/aromatic N) is 4. The minimum Gasteiger partial charge on any atom is -0.307 e. The van der Waals surface area contributed by atoms with Crippen LogP contribution < -0.4 is 0 Å². The van der Waals surface area contributed by atoms with Gasteiger partial charge in [-0.2, -0.15) is 13.2 Å². The number of thioether (sulfide) groups is 1. The van der Waals surface area contributed by atoms with Gasteiger partial charge in [-0.15, -0.1) is 0 Å². The van der Waals surface area contributed by atoms with Crippen molar-refractivity contribution in [2.24, 2.45) is 15.9 Å². The molecular weight excluding hydrogens is 405 g/mol. The number of aliphatic imine (C=N–C) groups is 2. The van der Waals surface area contributed by atoms with Crippen LogP contribution in [0, 0.1) is 16.0 Å². The van der Waals surface area contributed by atoms with E-state index in [2.05, 4.69) is 9.98 Å². The Morgan fingerprint density at radius 1 is 1.21 bits per heavy atom. The van der Waals surface area contributed by atoms with Gasteiger partial charge < -0.3 is 4.90 Å². The zero-order valence-electron chi connectivity index (χ0n) is 15.7. The highest BCUT2D eigenvalue weighted by Gasteiger charge is 2.37. The van der Waals surface area contributed by atoms with Gasteiger partial charge in [-0.1, -0.05) is 32.1 Å². The molecule has 0 aromatic heterocycles. The summed E-state index contributed by atoms with van der Waals surface area (Å²) in [6.07, 6.45) is 2.33. The van der Waals surface area contributed by atoms with Crippen molar-refractivity contribution in [2.75, 3.05) is 13.1 Å². The molecule has 10 heteroatoms. The number of hydrogen-bond acceptors (Lipinski definition) is 6. The quantitative estimate of drug-likeness (QED) is 0.488. The Labute approximate surface area is 170 Å². The summed E-state index contributed by atoms with van der Waals surface area (Å²) in [7, 11) is 0. The first-order valence-corrected chi connectivity index (χ1v) is 10.6. The van der Waals surface area contributed by atoms with Gasteiger partial charge in [0, 0.05) is 19.0 Å². The monoisotopic (exact) mass is 426 g/mol. The lowest BCUT2D eigenvalue weighted by atomic mass is 9.86. The normalized spacial score (nSPS) is 20.3. The van der Waals surface area contributed by atoms with Crippen molar-refractivity contribution in [1.82, 2.24) is 4.90 Å². The Bertz CT molecular complexity index is 879. The number of halogens is 3. The zero-order valence-corrected chi connectivity index (χ0v) is 16.6. The second kappa shape index (κ2) is 7.97. The SMILES string of the molecule is O=[N+]([O-])c1cc(C(F)(F)F)cc2c1SC(N1CCN=C1CC1CCCCC1)=NC2. The molecule has 0 spiro atoms. The maximum absolute atomic E-state index is 13.1. The molecule has 0 atom stereocenters. The van der Waals surface area contributed by atoms with Crippen LogP contribution in [-0.2, 0) is 12.7 Å². The van der Waals surface area contributed by atoms with E-state index < -0.39 is 22.4 Å². The van der Waals surface area contributed by atoms with Crippen molar-refractivity contribution in [3.63, 3.8) is 0 Å². The van der Waals surface area contributed by atoms with Gasteiger partial charge in [-0.3, -0.25) is 20.1 Å². The van der Waals surface area contributed by atoms with E-state index in [1.54, 1.807) is 0 Å². The van der Waals surface area contributed by atoms with E-state index in [1.165, 1.54) is 32.1 Å². The molecule has 0 bridgehead atoms. The first kappa shape index (κ1) is 20.2. The topological polar surface area (TPSA) is 71.1 Å². The van der Waals surface area contributed by atoms with Crippen LogP contribution in [0.5, 0.6) is 0 Å². The summed E-state index contributed by atoms with van der Waals surface area (Å²) >= 11 is 1.08. The molecule has 156 valence electrons. The molecule has 1 aromatic rings. The number of amidine groups is 2. The van der Waals surface area contributed by atoms with E-state index in [0.717, 1.165) is 30.1 Å². The predicted octanol–water partition coefficient (Wildman–Crippen LogP) is 5.26. The first-order chi connectivity index (χ1) is 13.8. The fraction of sp³-hybridized carbons (Fsp3) is 0.579. The Morgan fingerprint density at radius 3 is 2.66 bits per heavy atom. The summed E-state index contributed by atoms with van der Waals surface area (Å²) in [5.41, 5.74) is -1.29. The van der Waals surface area contributed by atoms with Crippen LogP contribution in [-0.4, -0.2) is 33.9 Å². The predicted molar refractivity (Wildman–Crippen MR) is 105 cm³/mol. The van der Waals surface area contributed by atoms with Crippen LogP contribution in [0.15, 0.2) is 27.0 Å². The summed E-state index contributed by atoms with van der Waals surface area (Å²) in [5, 5.41) is 12.0. The van der Waals surface area contributed by atoms with Gasteiger partial charge in [0.25, 0.3) is 5.69 Å². The van der Waals surface area contributed by atoms with E-state index in [0.29, 0.717) is 30.2 Å². The first-order valence-electron chi connectivity index (χ1n) is 9.74. The standard InChI is InChI=1S/C19H21F3N4O2S/c20-19(21,22)14-9-13-11-24-18(29-17(13)15(10-14)26(27)28)25-7-6-23-16(25)8-12-4-2-1-3-5-12/h9-10,12H,1-8,11H2. The largest absolute Gasteiger partial charge is 0.416 e. The second-order valence-electron chi connectivity index (χ2n) is 7.60. The van der Waals surface area contributed by atoms with Crippen molar-refractivity contribution < 1.29 is 18.1 Å². The molecular formula is C19H21F3N4O2S. The van der Waals surface area contributed by atoms with E-state index >= 15 is 0 Å². The van der Waals surface area contributed by atoms with Crippen molar-refractivity contribution in [2.45, 2.75) is 56.1 Å². The number of fused-ring (bicyclic) bond motifs is 1. The molecule has 1 aliphatic carbocycles. The molecule has 2 heterocycles. The number of alkyl halides is 3. The summed E-state index contributed by atoms with van der Waals surface area (Å²) in [6, 6.07) is 1.59. The highest BCUT2D eigenvalue weighted by atomic mass is 32.2. The number of nitro groups is 1. The maximum atomic E-state index is 13.1. The molecule has 1 fully saturated rings. The molecule has 1 saturated carbocycles. The van der Waals surface area contributed by atoms with Gasteiger partial charge in [0.15, 0.2) is 5.17 Å². The molecule has 29 heavy (non-hydrogen) atoms. The van der Waals surface area contributed by atoms with Gasteiger partial charge in [0.2, 0.25) is 0 Å². The third kappa shape index (κ3) is 4.26. The van der Waals surface area contributed by atoms with E-state index in [-0.39, 0.29) is 17.0 Å². The van der Waals surface area contributed by atoms with E-state index in [4.69, 9.17) is 0 Å². The second-order valence-corrected chi connectivity index (χ2v) is 8.57. The van der Waals surface area contributed by atoms with E-state index in [9.17, 15) is 23.3 Å². The van der Waals surface area contributed by atoms with Gasteiger partial charge >= 0.3 is 6.18 Å². The highest BCUT2D eigenvalue weighted by molar-refractivity contribution is 8.14. The van der Waals surface area contributed by atoms with Crippen LogP contribution in [0.25, 0.3) is 0 Å². The molecule has 0 unspecified atom stereocenters. The van der Waals surface area contributed by atoms with Crippen LogP contribution in [0.1, 0.15) is 49.7 Å². The summed E-state index contributed by atoms with van der Waals surface area (Å²) < 4.78 is 39.3. The van der Waals surface area contributed by atoms with Crippen molar-refractivity contribution in [1.29, 1.82) is 0 Å².